The lowest BCUT2D eigenvalue weighted by atomic mass is 10.1. The van der Waals surface area contributed by atoms with Crippen molar-refractivity contribution in [2.75, 3.05) is 39.9 Å². The Kier molecular flexibility index (Phi) is 15.0. The first-order valence-corrected chi connectivity index (χ1v) is 24.0. The van der Waals surface area contributed by atoms with E-state index in [0.29, 0.717) is 42.0 Å². The van der Waals surface area contributed by atoms with Crippen LogP contribution in [0.4, 0.5) is 0 Å². The molecule has 0 fully saturated rings. The van der Waals surface area contributed by atoms with Gasteiger partial charge < -0.3 is 25.0 Å². The van der Waals surface area contributed by atoms with Gasteiger partial charge in [0.1, 0.15) is 23.4 Å². The van der Waals surface area contributed by atoms with Gasteiger partial charge in [-0.15, -0.1) is 22.7 Å². The van der Waals surface area contributed by atoms with Gasteiger partial charge in [-0.05, 0) is 51.9 Å². The number of primary sulfonamides is 1. The molecule has 0 spiro atoms. The smallest absolute Gasteiger partial charge is 0.344 e. The average Bonchev–Trinajstić information content (AvgIpc) is 3.73. The molecule has 2 aromatic heterocycles. The van der Waals surface area contributed by atoms with Crippen LogP contribution >= 0.6 is 22.7 Å². The number of thiophene rings is 2. The van der Waals surface area contributed by atoms with Crippen LogP contribution in [0.1, 0.15) is 70.7 Å². The van der Waals surface area contributed by atoms with Crippen molar-refractivity contribution in [1.82, 2.24) is 20.3 Å². The Hall–Kier alpha value is -3.04. The van der Waals surface area contributed by atoms with Crippen LogP contribution in [0.2, 0.25) is 0 Å². The lowest BCUT2D eigenvalue weighted by molar-refractivity contribution is -0.160. The first-order valence-electron chi connectivity index (χ1n) is 16.2. The van der Waals surface area contributed by atoms with E-state index in [1.807, 2.05) is 18.6 Å². The molecule has 0 aliphatic carbocycles. The number of rotatable bonds is 13. The summed E-state index contributed by atoms with van der Waals surface area (Å²) in [6.45, 7) is 7.15. The number of sulfonamides is 2. The molecule has 304 valence electrons. The van der Waals surface area contributed by atoms with E-state index in [9.17, 15) is 52.8 Å². The molecule has 0 radical (unpaired) electrons. The Morgan fingerprint density at radius 2 is 1.30 bits per heavy atom. The van der Waals surface area contributed by atoms with E-state index in [1.165, 1.54) is 19.2 Å². The number of fused-ring (bicyclic) bond motifs is 2. The summed E-state index contributed by atoms with van der Waals surface area (Å²) in [6, 6.07) is 2.12. The van der Waals surface area contributed by atoms with E-state index >= 15 is 0 Å². The zero-order valence-electron chi connectivity index (χ0n) is 30.1. The number of sulfone groups is 2. The van der Waals surface area contributed by atoms with Crippen molar-refractivity contribution in [3.05, 3.63) is 23.3 Å². The molecule has 2 amide bonds. The number of hydrogen-bond donors (Lipinski definition) is 4. The van der Waals surface area contributed by atoms with E-state index in [0.717, 1.165) is 23.2 Å². The normalized spacial score (nSPS) is 21.3. The Morgan fingerprint density at radius 3 is 1.74 bits per heavy atom. The molecule has 19 nitrogen and oxygen atoms in total. The highest BCUT2D eigenvalue weighted by molar-refractivity contribution is 7.96. The second kappa shape index (κ2) is 17.8. The largest absolute Gasteiger partial charge is 0.454 e. The van der Waals surface area contributed by atoms with Crippen molar-refractivity contribution in [2.45, 2.75) is 86.9 Å². The predicted molar refractivity (Wildman–Crippen MR) is 196 cm³/mol. The summed E-state index contributed by atoms with van der Waals surface area (Å²) in [6.07, 6.45) is 0.716. The minimum atomic E-state index is -4.42. The number of nitrogens with two attached hydrogens (primary N) is 1. The molecule has 5 N–H and O–H groups in total. The lowest BCUT2D eigenvalue weighted by Crippen LogP contribution is -2.42. The fourth-order valence-corrected chi connectivity index (χ4v) is 14.7. The number of esters is 2. The Balaban J connectivity index is 0.000000345. The van der Waals surface area contributed by atoms with Crippen molar-refractivity contribution < 1.29 is 62.3 Å². The van der Waals surface area contributed by atoms with Crippen molar-refractivity contribution >= 4 is 86.1 Å². The predicted octanol–water partition coefficient (Wildman–Crippen LogP) is -0.0538. The van der Waals surface area contributed by atoms with E-state index in [1.54, 1.807) is 13.8 Å². The van der Waals surface area contributed by atoms with E-state index in [2.05, 4.69) is 20.1 Å². The van der Waals surface area contributed by atoms with Crippen molar-refractivity contribution in [2.24, 2.45) is 5.14 Å². The molecule has 4 heterocycles. The van der Waals surface area contributed by atoms with Gasteiger partial charge >= 0.3 is 11.9 Å². The molecule has 2 aromatic rings. The molecule has 4 rings (SSSR count). The summed E-state index contributed by atoms with van der Waals surface area (Å²) >= 11 is 1.30. The molecule has 54 heavy (non-hydrogen) atoms. The summed E-state index contributed by atoms with van der Waals surface area (Å²) in [4.78, 5) is 47.2. The SMILES string of the molecule is CCN[C@H]1C[C@H](C)S(=O)(=O)c2sc(S(=O)(=O)NC(=O)CN(C)C(=O)COC(=O)COC(C)=O)cc21.CCN[C@H]1C[C@H](C)S(=O)(=O)c2sc(S(N)(=O)=O)cc21. The lowest BCUT2D eigenvalue weighted by Gasteiger charge is -2.27. The van der Waals surface area contributed by atoms with Crippen molar-refractivity contribution in [3.8, 4) is 0 Å². The van der Waals surface area contributed by atoms with Crippen LogP contribution in [0.25, 0.3) is 0 Å². The summed E-state index contributed by atoms with van der Waals surface area (Å²) in [5.41, 5.74) is 0.861. The van der Waals surface area contributed by atoms with Crippen LogP contribution < -0.4 is 20.5 Å². The average molecular weight is 878 g/mol. The quantitative estimate of drug-likeness (QED) is 0.192. The maximum atomic E-state index is 12.8. The molecule has 0 saturated carbocycles. The van der Waals surface area contributed by atoms with Gasteiger partial charge in [0.15, 0.2) is 32.9 Å². The molecule has 0 bridgehead atoms. The summed E-state index contributed by atoms with van der Waals surface area (Å²) in [7, 11) is -14.3. The summed E-state index contributed by atoms with van der Waals surface area (Å²) in [5, 5.41) is 10.2. The highest BCUT2D eigenvalue weighted by atomic mass is 32.3. The van der Waals surface area contributed by atoms with Gasteiger partial charge in [0, 0.05) is 37.2 Å². The standard InChI is InChI=1S/C19H27N3O10S3.C10H16N2O4S3/c1-5-20-14-6-11(2)34(27,28)19-13(14)7-18(33-19)35(29,30)21-15(24)8-22(4)16(25)9-32-17(26)10-31-12(3)23;1-3-12-8-4-6(2)18(13,14)10-7(8)5-9(17-10)19(11,15)16/h7,11,14,20H,5-6,8-10H2,1-4H3,(H,21,24);5-6,8,12H,3-4H2,1-2H3,(H2,11,15,16)/t11-,14-;6-,8-/m00/s1. The van der Waals surface area contributed by atoms with Gasteiger partial charge in [0.05, 0.1) is 10.5 Å². The van der Waals surface area contributed by atoms with Gasteiger partial charge in [-0.2, -0.15) is 0 Å². The number of nitrogens with zero attached hydrogens (tertiary/aromatic N) is 1. The Labute approximate surface area is 322 Å². The number of amides is 2. The molecule has 2 aliphatic heterocycles. The maximum absolute atomic E-state index is 12.8. The third-order valence-corrected chi connectivity index (χ3v) is 19.2. The molecule has 0 aromatic carbocycles. The van der Waals surface area contributed by atoms with Crippen molar-refractivity contribution in [1.29, 1.82) is 0 Å². The third-order valence-electron chi connectivity index (χ3n) is 8.12. The van der Waals surface area contributed by atoms with Crippen LogP contribution in [0, 0.1) is 0 Å². The molecular formula is C29H43N5O14S6. The minimum Gasteiger partial charge on any atom is -0.454 e. The summed E-state index contributed by atoms with van der Waals surface area (Å²) < 4.78 is 109. The number of carbonyl (C=O) groups excluding carboxylic acids is 4. The van der Waals surface area contributed by atoms with E-state index in [-0.39, 0.29) is 35.3 Å². The molecular weight excluding hydrogens is 835 g/mol. The molecule has 0 saturated heterocycles. The molecule has 2 aliphatic rings. The molecule has 4 atom stereocenters. The van der Waals surface area contributed by atoms with Crippen LogP contribution in [-0.2, 0) is 68.4 Å². The highest BCUT2D eigenvalue weighted by Crippen LogP contribution is 2.43. The fourth-order valence-electron chi connectivity index (χ4n) is 5.34. The number of hydrogen-bond acceptors (Lipinski definition) is 18. The minimum absolute atomic E-state index is 0.0575. The Bertz CT molecular complexity index is 2200. The summed E-state index contributed by atoms with van der Waals surface area (Å²) in [5.74, 6) is -3.55. The third kappa shape index (κ3) is 10.8. The number of carbonyl (C=O) groups is 4. The van der Waals surface area contributed by atoms with Gasteiger partial charge in [-0.25, -0.2) is 48.3 Å². The van der Waals surface area contributed by atoms with Gasteiger partial charge in [-0.3, -0.25) is 14.4 Å². The highest BCUT2D eigenvalue weighted by Gasteiger charge is 2.41. The second-order valence-corrected chi connectivity index (χ2v) is 23.2. The van der Waals surface area contributed by atoms with Crippen LogP contribution in [0.5, 0.6) is 0 Å². The maximum Gasteiger partial charge on any atom is 0.344 e. The fraction of sp³-hybridized carbons (Fsp3) is 0.586. The van der Waals surface area contributed by atoms with Gasteiger partial charge in [0.25, 0.3) is 21.8 Å². The zero-order valence-corrected chi connectivity index (χ0v) is 35.0. The van der Waals surface area contributed by atoms with Crippen molar-refractivity contribution in [3.63, 3.8) is 0 Å². The first-order chi connectivity index (χ1) is 24.9. The van der Waals surface area contributed by atoms with Crippen LogP contribution in [0.3, 0.4) is 0 Å². The van der Waals surface area contributed by atoms with Gasteiger partial charge in [0.2, 0.25) is 10.0 Å². The van der Waals surface area contributed by atoms with E-state index < -0.39 is 93.7 Å². The molecule has 0 unspecified atom stereocenters. The van der Waals surface area contributed by atoms with Gasteiger partial charge in [-0.1, -0.05) is 13.8 Å². The first kappa shape index (κ1) is 45.4. The number of ether oxygens (including phenoxy) is 2. The number of nitrogens with one attached hydrogen (secondary N) is 3. The van der Waals surface area contributed by atoms with Crippen LogP contribution in [0.15, 0.2) is 29.0 Å². The number of likely N-dealkylation sites (N-methyl/N-ethyl adjacent to an activating group) is 1. The topological polar surface area (TPSA) is 289 Å². The van der Waals surface area contributed by atoms with E-state index in [4.69, 9.17) is 5.14 Å². The van der Waals surface area contributed by atoms with Crippen LogP contribution in [-0.4, -0.2) is 113 Å². The Morgan fingerprint density at radius 1 is 0.833 bits per heavy atom. The second-order valence-electron chi connectivity index (χ2n) is 12.3. The molecule has 25 heteroatoms. The monoisotopic (exact) mass is 877 g/mol. The zero-order chi connectivity index (χ0) is 41.0.